The maximum absolute atomic E-state index is 13.1. The number of hydrogen-bond acceptors (Lipinski definition) is 3. The molecule has 0 aliphatic carbocycles. The Morgan fingerprint density at radius 3 is 2.54 bits per heavy atom. The lowest BCUT2D eigenvalue weighted by Crippen LogP contribution is -2.46. The number of nitrogens with zero attached hydrogens (tertiary/aromatic N) is 3. The summed E-state index contributed by atoms with van der Waals surface area (Å²) in [4.78, 5) is 19.2. The van der Waals surface area contributed by atoms with Gasteiger partial charge in [0.1, 0.15) is 5.82 Å². The Hall–Kier alpha value is -1.86. The van der Waals surface area contributed by atoms with Gasteiger partial charge in [0.25, 0.3) is 0 Å². The summed E-state index contributed by atoms with van der Waals surface area (Å²) >= 11 is 0. The molecule has 1 amide bonds. The number of hydrogen-bond donors (Lipinski definition) is 0. The SMILES string of the molecule is O=C1CC(CF)CN1C1CCN(c2ncccc2C(F)(F)F)CC1. The third-order valence-corrected chi connectivity index (χ3v) is 4.75. The fraction of sp³-hybridized carbons (Fsp3) is 0.625. The second kappa shape index (κ2) is 6.57. The van der Waals surface area contributed by atoms with Gasteiger partial charge in [0.15, 0.2) is 0 Å². The van der Waals surface area contributed by atoms with E-state index in [1.807, 2.05) is 0 Å². The molecule has 0 spiro atoms. The lowest BCUT2D eigenvalue weighted by molar-refractivity contribution is -0.137. The summed E-state index contributed by atoms with van der Waals surface area (Å²) in [6.07, 6.45) is -1.72. The Bertz CT molecular complexity index is 599. The van der Waals surface area contributed by atoms with Crippen molar-refractivity contribution in [2.75, 3.05) is 31.2 Å². The number of carbonyl (C=O) groups is 1. The van der Waals surface area contributed by atoms with E-state index in [0.717, 1.165) is 6.07 Å². The van der Waals surface area contributed by atoms with Crippen molar-refractivity contribution in [3.63, 3.8) is 0 Å². The molecule has 24 heavy (non-hydrogen) atoms. The zero-order chi connectivity index (χ0) is 17.3. The number of rotatable bonds is 3. The van der Waals surface area contributed by atoms with Crippen LogP contribution in [0.4, 0.5) is 23.4 Å². The molecule has 4 nitrogen and oxygen atoms in total. The summed E-state index contributed by atoms with van der Waals surface area (Å²) in [5.74, 6) is -0.356. The smallest absolute Gasteiger partial charge is 0.356 e. The number of anilines is 1. The van der Waals surface area contributed by atoms with Crippen molar-refractivity contribution in [3.8, 4) is 0 Å². The molecule has 3 heterocycles. The molecule has 132 valence electrons. The molecule has 2 saturated heterocycles. The maximum Gasteiger partial charge on any atom is 0.419 e. The summed E-state index contributed by atoms with van der Waals surface area (Å²) < 4.78 is 52.1. The Labute approximate surface area is 137 Å². The van der Waals surface area contributed by atoms with Gasteiger partial charge in [-0.1, -0.05) is 0 Å². The number of halogens is 4. The second-order valence-electron chi connectivity index (χ2n) is 6.36. The minimum Gasteiger partial charge on any atom is -0.356 e. The quantitative estimate of drug-likeness (QED) is 0.791. The minimum absolute atomic E-state index is 0.0247. The van der Waals surface area contributed by atoms with E-state index in [4.69, 9.17) is 0 Å². The first kappa shape index (κ1) is 17.0. The van der Waals surface area contributed by atoms with E-state index in [1.165, 1.54) is 12.3 Å². The molecule has 0 bridgehead atoms. The zero-order valence-corrected chi connectivity index (χ0v) is 13.1. The van der Waals surface area contributed by atoms with Gasteiger partial charge in [-0.05, 0) is 25.0 Å². The van der Waals surface area contributed by atoms with Gasteiger partial charge in [-0.25, -0.2) is 4.98 Å². The number of aromatic nitrogens is 1. The van der Waals surface area contributed by atoms with Crippen molar-refractivity contribution in [1.29, 1.82) is 0 Å². The van der Waals surface area contributed by atoms with Crippen LogP contribution in [0.2, 0.25) is 0 Å². The lowest BCUT2D eigenvalue weighted by atomic mass is 10.0. The van der Waals surface area contributed by atoms with Crippen molar-refractivity contribution >= 4 is 11.7 Å². The highest BCUT2D eigenvalue weighted by molar-refractivity contribution is 5.79. The molecule has 3 rings (SSSR count). The molecule has 1 aromatic rings. The number of pyridine rings is 1. The van der Waals surface area contributed by atoms with E-state index in [2.05, 4.69) is 4.98 Å². The van der Waals surface area contributed by atoms with E-state index in [-0.39, 0.29) is 30.1 Å². The van der Waals surface area contributed by atoms with E-state index in [0.29, 0.717) is 32.5 Å². The molecule has 0 aromatic carbocycles. The Morgan fingerprint density at radius 2 is 1.96 bits per heavy atom. The van der Waals surface area contributed by atoms with Crippen LogP contribution in [0.3, 0.4) is 0 Å². The van der Waals surface area contributed by atoms with E-state index in [1.54, 1.807) is 9.80 Å². The molecule has 1 unspecified atom stereocenters. The van der Waals surface area contributed by atoms with Crippen LogP contribution in [0.1, 0.15) is 24.8 Å². The predicted molar refractivity (Wildman–Crippen MR) is 80.3 cm³/mol. The summed E-state index contributed by atoms with van der Waals surface area (Å²) in [5.41, 5.74) is -0.738. The largest absolute Gasteiger partial charge is 0.419 e. The van der Waals surface area contributed by atoms with Crippen LogP contribution in [0.15, 0.2) is 18.3 Å². The molecule has 8 heteroatoms. The van der Waals surface area contributed by atoms with E-state index in [9.17, 15) is 22.4 Å². The van der Waals surface area contributed by atoms with Crippen molar-refractivity contribution in [2.24, 2.45) is 5.92 Å². The molecule has 2 aliphatic heterocycles. The minimum atomic E-state index is -4.44. The first-order chi connectivity index (χ1) is 11.4. The van der Waals surface area contributed by atoms with Crippen molar-refractivity contribution in [2.45, 2.75) is 31.5 Å². The molecule has 0 radical (unpaired) electrons. The zero-order valence-electron chi connectivity index (χ0n) is 13.1. The summed E-state index contributed by atoms with van der Waals surface area (Å²) in [5, 5.41) is 0. The topological polar surface area (TPSA) is 36.4 Å². The van der Waals surface area contributed by atoms with Crippen LogP contribution >= 0.6 is 0 Å². The summed E-state index contributed by atoms with van der Waals surface area (Å²) in [6, 6.07) is 2.28. The number of likely N-dealkylation sites (tertiary alicyclic amines) is 1. The predicted octanol–water partition coefficient (Wildman–Crippen LogP) is 2.89. The number of carbonyl (C=O) groups excluding carboxylic acids is 1. The van der Waals surface area contributed by atoms with Crippen LogP contribution in [0, 0.1) is 5.92 Å². The molecule has 0 N–H and O–H groups in total. The average Bonchev–Trinajstić information content (AvgIpc) is 2.95. The normalized spacial score (nSPS) is 23.2. The third kappa shape index (κ3) is 3.32. The first-order valence-electron chi connectivity index (χ1n) is 8.02. The molecule has 0 saturated carbocycles. The van der Waals surface area contributed by atoms with Gasteiger partial charge in [0.2, 0.25) is 5.91 Å². The number of alkyl halides is 4. The highest BCUT2D eigenvalue weighted by Crippen LogP contribution is 2.36. The highest BCUT2D eigenvalue weighted by atomic mass is 19.4. The Morgan fingerprint density at radius 1 is 1.25 bits per heavy atom. The van der Waals surface area contributed by atoms with Gasteiger partial charge in [-0.2, -0.15) is 13.2 Å². The van der Waals surface area contributed by atoms with E-state index < -0.39 is 18.4 Å². The fourth-order valence-corrected chi connectivity index (χ4v) is 3.52. The highest BCUT2D eigenvalue weighted by Gasteiger charge is 2.39. The standard InChI is InChI=1S/C16H19F4N3O/c17-9-11-8-14(24)23(10-11)12-3-6-22(7-4-12)15-13(16(18,19)20)2-1-5-21-15/h1-2,5,11-12H,3-4,6-10H2. The number of amides is 1. The van der Waals surface area contributed by atoms with Crippen LogP contribution in [-0.4, -0.2) is 48.1 Å². The van der Waals surface area contributed by atoms with Gasteiger partial charge in [0.05, 0.1) is 12.2 Å². The van der Waals surface area contributed by atoms with Crippen molar-refractivity contribution in [1.82, 2.24) is 9.88 Å². The van der Waals surface area contributed by atoms with Crippen molar-refractivity contribution < 1.29 is 22.4 Å². The summed E-state index contributed by atoms with van der Waals surface area (Å²) in [7, 11) is 0. The van der Waals surface area contributed by atoms with Crippen molar-refractivity contribution in [3.05, 3.63) is 23.9 Å². The van der Waals surface area contributed by atoms with Gasteiger partial charge < -0.3 is 9.80 Å². The fourth-order valence-electron chi connectivity index (χ4n) is 3.52. The first-order valence-corrected chi connectivity index (χ1v) is 8.02. The number of piperidine rings is 1. The summed E-state index contributed by atoms with van der Waals surface area (Å²) in [6.45, 7) is 0.699. The van der Waals surface area contributed by atoms with Gasteiger partial charge in [-0.15, -0.1) is 0 Å². The molecular weight excluding hydrogens is 326 g/mol. The lowest BCUT2D eigenvalue weighted by Gasteiger charge is -2.38. The Kier molecular flexibility index (Phi) is 4.64. The van der Waals surface area contributed by atoms with Gasteiger partial charge in [0, 0.05) is 44.2 Å². The van der Waals surface area contributed by atoms with Gasteiger partial charge in [-0.3, -0.25) is 9.18 Å². The molecule has 1 atom stereocenters. The van der Waals surface area contributed by atoms with E-state index >= 15 is 0 Å². The molecule has 2 aliphatic rings. The monoisotopic (exact) mass is 345 g/mol. The Balaban J connectivity index is 1.67. The second-order valence-corrected chi connectivity index (χ2v) is 6.36. The average molecular weight is 345 g/mol. The van der Waals surface area contributed by atoms with Crippen LogP contribution in [-0.2, 0) is 11.0 Å². The van der Waals surface area contributed by atoms with Crippen LogP contribution in [0.5, 0.6) is 0 Å². The molecule has 2 fully saturated rings. The maximum atomic E-state index is 13.1. The van der Waals surface area contributed by atoms with Crippen LogP contribution in [0.25, 0.3) is 0 Å². The molecule has 1 aromatic heterocycles. The molecular formula is C16H19F4N3O. The third-order valence-electron chi connectivity index (χ3n) is 4.75. The van der Waals surface area contributed by atoms with Gasteiger partial charge >= 0.3 is 6.18 Å². The van der Waals surface area contributed by atoms with Crippen LogP contribution < -0.4 is 4.90 Å².